The van der Waals surface area contributed by atoms with Gasteiger partial charge in [-0.15, -0.1) is 0 Å². The minimum Gasteiger partial charge on any atom is -0.377 e. The lowest BCUT2D eigenvalue weighted by atomic mass is 10.2. The largest absolute Gasteiger partial charge is 0.377 e. The maximum atomic E-state index is 10.9. The van der Waals surface area contributed by atoms with E-state index >= 15 is 0 Å². The Bertz CT molecular complexity index is 415. The smallest absolute Gasteiger partial charge is 0.236 e. The Morgan fingerprint density at radius 2 is 1.86 bits per heavy atom. The highest BCUT2D eigenvalue weighted by Gasteiger charge is 2.11. The minimum absolute atomic E-state index is 0.136. The predicted molar refractivity (Wildman–Crippen MR) is 59.2 cm³/mol. The molecule has 1 aromatic carbocycles. The van der Waals surface area contributed by atoms with Gasteiger partial charge in [0, 0.05) is 30.5 Å². The molecule has 0 radical (unpaired) electrons. The molecule has 5 heteroatoms. The molecule has 3 nitrogen and oxygen atoms in total. The van der Waals surface area contributed by atoms with Crippen molar-refractivity contribution in [2.45, 2.75) is 5.75 Å². The molecule has 0 unspecified atom stereocenters. The highest BCUT2D eigenvalue weighted by atomic mass is 35.7. The fraction of sp³-hybridized carbons (Fsp3) is 0.333. The van der Waals surface area contributed by atoms with E-state index in [-0.39, 0.29) is 5.75 Å². The summed E-state index contributed by atoms with van der Waals surface area (Å²) in [5, 5.41) is 0. The third-order valence-corrected chi connectivity index (χ3v) is 2.78. The fourth-order valence-corrected chi connectivity index (χ4v) is 2.22. The van der Waals surface area contributed by atoms with Crippen LogP contribution in [0.25, 0.3) is 0 Å². The summed E-state index contributed by atoms with van der Waals surface area (Å²) in [5.41, 5.74) is 1.59. The van der Waals surface area contributed by atoms with Gasteiger partial charge in [0.05, 0.1) is 5.75 Å². The van der Waals surface area contributed by atoms with Crippen molar-refractivity contribution in [3.05, 3.63) is 29.8 Å². The van der Waals surface area contributed by atoms with Crippen molar-refractivity contribution in [3.8, 4) is 0 Å². The molecule has 78 valence electrons. The molecular formula is C9H12ClNO2S. The second kappa shape index (κ2) is 4.19. The number of halogens is 1. The summed E-state index contributed by atoms with van der Waals surface area (Å²) >= 11 is 0. The van der Waals surface area contributed by atoms with Crippen LogP contribution in [-0.4, -0.2) is 22.5 Å². The third kappa shape index (κ3) is 3.20. The maximum absolute atomic E-state index is 10.9. The van der Waals surface area contributed by atoms with Crippen molar-refractivity contribution in [2.24, 2.45) is 0 Å². The monoisotopic (exact) mass is 233 g/mol. The van der Waals surface area contributed by atoms with Gasteiger partial charge in [-0.1, -0.05) is 18.2 Å². The predicted octanol–water partition coefficient (Wildman–Crippen LogP) is 1.82. The number of hydrogen-bond acceptors (Lipinski definition) is 3. The molecule has 0 heterocycles. The SMILES string of the molecule is CN(C)c1ccccc1CS(=O)(=O)Cl. The number of para-hydroxylation sites is 1. The normalized spacial score (nSPS) is 11.4. The highest BCUT2D eigenvalue weighted by molar-refractivity contribution is 8.13. The average molecular weight is 234 g/mol. The topological polar surface area (TPSA) is 37.4 Å². The summed E-state index contributed by atoms with van der Waals surface area (Å²) in [7, 11) is 5.43. The summed E-state index contributed by atoms with van der Waals surface area (Å²) in [6, 6.07) is 7.27. The van der Waals surface area contributed by atoms with Crippen LogP contribution in [0.2, 0.25) is 0 Å². The summed E-state index contributed by atoms with van der Waals surface area (Å²) in [4.78, 5) is 1.86. The lowest BCUT2D eigenvalue weighted by molar-refractivity contribution is 0.609. The Labute approximate surface area is 88.7 Å². The van der Waals surface area contributed by atoms with E-state index in [4.69, 9.17) is 10.7 Å². The molecule has 0 aliphatic heterocycles. The first-order valence-corrected chi connectivity index (χ1v) is 6.55. The van der Waals surface area contributed by atoms with Crippen LogP contribution in [0.3, 0.4) is 0 Å². The summed E-state index contributed by atoms with van der Waals surface area (Å²) in [5.74, 6) is -0.136. The molecule has 0 atom stereocenters. The lowest BCUT2D eigenvalue weighted by Crippen LogP contribution is -2.12. The van der Waals surface area contributed by atoms with Crippen molar-refractivity contribution in [2.75, 3.05) is 19.0 Å². The van der Waals surface area contributed by atoms with Crippen molar-refractivity contribution >= 4 is 25.4 Å². The van der Waals surface area contributed by atoms with Gasteiger partial charge >= 0.3 is 0 Å². The number of hydrogen-bond donors (Lipinski definition) is 0. The van der Waals surface area contributed by atoms with Crippen LogP contribution in [0.4, 0.5) is 5.69 Å². The van der Waals surface area contributed by atoms with Gasteiger partial charge in [0.1, 0.15) is 0 Å². The quantitative estimate of drug-likeness (QED) is 0.748. The van der Waals surface area contributed by atoms with E-state index in [9.17, 15) is 8.42 Å². The van der Waals surface area contributed by atoms with Gasteiger partial charge < -0.3 is 4.90 Å². The molecule has 0 fully saturated rings. The molecule has 0 aliphatic rings. The summed E-state index contributed by atoms with van der Waals surface area (Å²) < 4.78 is 21.8. The molecule has 1 rings (SSSR count). The van der Waals surface area contributed by atoms with Crippen molar-refractivity contribution in [1.29, 1.82) is 0 Å². The first-order chi connectivity index (χ1) is 6.40. The highest BCUT2D eigenvalue weighted by Crippen LogP contribution is 2.21. The van der Waals surface area contributed by atoms with Crippen molar-refractivity contribution in [1.82, 2.24) is 0 Å². The van der Waals surface area contributed by atoms with E-state index in [1.165, 1.54) is 0 Å². The van der Waals surface area contributed by atoms with Crippen LogP contribution in [0.1, 0.15) is 5.56 Å². The van der Waals surface area contributed by atoms with E-state index in [2.05, 4.69) is 0 Å². The maximum Gasteiger partial charge on any atom is 0.236 e. The standard InChI is InChI=1S/C9H12ClNO2S/c1-11(2)9-6-4-3-5-8(9)7-14(10,12)13/h3-6H,7H2,1-2H3. The molecule has 0 saturated heterocycles. The average Bonchev–Trinajstić information content (AvgIpc) is 2.01. The van der Waals surface area contributed by atoms with Crippen LogP contribution in [0.15, 0.2) is 24.3 Å². The van der Waals surface area contributed by atoms with Gasteiger partial charge in [-0.25, -0.2) is 8.42 Å². The molecule has 14 heavy (non-hydrogen) atoms. The molecule has 0 spiro atoms. The Morgan fingerprint density at radius 3 is 2.36 bits per heavy atom. The fourth-order valence-electron chi connectivity index (χ4n) is 1.25. The molecule has 0 aliphatic carbocycles. The van der Waals surface area contributed by atoms with E-state index in [1.54, 1.807) is 12.1 Å². The zero-order valence-corrected chi connectivity index (χ0v) is 9.64. The van der Waals surface area contributed by atoms with Crippen molar-refractivity contribution in [3.63, 3.8) is 0 Å². The molecular weight excluding hydrogens is 222 g/mol. The number of rotatable bonds is 3. The van der Waals surface area contributed by atoms with Gasteiger partial charge in [-0.05, 0) is 11.6 Å². The first kappa shape index (κ1) is 11.3. The Morgan fingerprint density at radius 1 is 1.29 bits per heavy atom. The van der Waals surface area contributed by atoms with Gasteiger partial charge in [-0.2, -0.15) is 0 Å². The third-order valence-electron chi connectivity index (χ3n) is 1.80. The first-order valence-electron chi connectivity index (χ1n) is 4.08. The Balaban J connectivity index is 3.08. The molecule has 0 amide bonds. The van der Waals surface area contributed by atoms with Crippen LogP contribution < -0.4 is 4.90 Å². The van der Waals surface area contributed by atoms with Gasteiger partial charge in [-0.3, -0.25) is 0 Å². The molecule has 1 aromatic rings. The summed E-state index contributed by atoms with van der Waals surface area (Å²) in [6.45, 7) is 0. The van der Waals surface area contributed by atoms with Crippen LogP contribution in [0.5, 0.6) is 0 Å². The van der Waals surface area contributed by atoms with Crippen molar-refractivity contribution < 1.29 is 8.42 Å². The number of nitrogens with zero attached hydrogens (tertiary/aromatic N) is 1. The number of anilines is 1. The second-order valence-corrected chi connectivity index (χ2v) is 5.98. The molecule has 0 bridgehead atoms. The van der Waals surface area contributed by atoms with Gasteiger partial charge in [0.2, 0.25) is 9.05 Å². The Kier molecular flexibility index (Phi) is 3.39. The molecule has 0 N–H and O–H groups in total. The van der Waals surface area contributed by atoms with Crippen LogP contribution in [-0.2, 0) is 14.8 Å². The lowest BCUT2D eigenvalue weighted by Gasteiger charge is -2.16. The van der Waals surface area contributed by atoms with E-state index < -0.39 is 9.05 Å². The molecule has 0 saturated carbocycles. The van der Waals surface area contributed by atoms with Crippen LogP contribution in [0, 0.1) is 0 Å². The van der Waals surface area contributed by atoms with E-state index in [0.717, 1.165) is 5.69 Å². The van der Waals surface area contributed by atoms with E-state index in [1.807, 2.05) is 31.1 Å². The zero-order chi connectivity index (χ0) is 10.8. The summed E-state index contributed by atoms with van der Waals surface area (Å²) in [6.07, 6.45) is 0. The Hall–Kier alpha value is -0.740. The van der Waals surface area contributed by atoms with Gasteiger partial charge in [0.15, 0.2) is 0 Å². The zero-order valence-electron chi connectivity index (χ0n) is 8.07. The van der Waals surface area contributed by atoms with Gasteiger partial charge in [0.25, 0.3) is 0 Å². The molecule has 0 aromatic heterocycles. The van der Waals surface area contributed by atoms with Crippen LogP contribution >= 0.6 is 10.7 Å². The number of benzene rings is 1. The van der Waals surface area contributed by atoms with E-state index in [0.29, 0.717) is 5.56 Å². The second-order valence-electron chi connectivity index (χ2n) is 3.21. The minimum atomic E-state index is -3.49.